The number of ketones is 1. The summed E-state index contributed by atoms with van der Waals surface area (Å²) in [6.07, 6.45) is 9.96. The monoisotopic (exact) mass is 628 g/mol. The first-order chi connectivity index (χ1) is 21.4. The van der Waals surface area contributed by atoms with E-state index in [2.05, 4.69) is 31.7 Å². The van der Waals surface area contributed by atoms with Crippen molar-refractivity contribution in [3.8, 4) is 0 Å². The smallest absolute Gasteiger partial charge is 0.408 e. The fourth-order valence-corrected chi connectivity index (χ4v) is 6.05. The molecule has 0 aromatic carbocycles. The number of rotatable bonds is 11. The van der Waals surface area contributed by atoms with Gasteiger partial charge in [-0.05, 0) is 56.4 Å². The van der Waals surface area contributed by atoms with Crippen molar-refractivity contribution in [1.29, 1.82) is 0 Å². The number of hydrogen-bond donors (Lipinski definition) is 4. The highest BCUT2D eigenvalue weighted by Gasteiger charge is 2.54. The maximum absolute atomic E-state index is 14.3. The molecule has 0 unspecified atom stereocenters. The van der Waals surface area contributed by atoms with Crippen molar-refractivity contribution in [3.63, 3.8) is 0 Å². The molecule has 246 valence electrons. The van der Waals surface area contributed by atoms with E-state index in [1.54, 1.807) is 12.3 Å². The normalized spacial score (nSPS) is 24.5. The number of nitrogens with one attached hydrogen (secondary N) is 4. The zero-order valence-electron chi connectivity index (χ0n) is 26.3. The SMILES string of the molecule is CCC[C@H](NC(=O)[C@@H]1C[C@]2(C=C(n3ccnn3)NO2)CN1C(=O)[C@@H](NC(=O)OC1CCCC1)C(C)(C)C)C(=O)C(=O)NC1CC1. The van der Waals surface area contributed by atoms with Crippen LogP contribution < -0.4 is 21.4 Å². The van der Waals surface area contributed by atoms with E-state index < -0.39 is 58.7 Å². The van der Waals surface area contributed by atoms with Crippen LogP contribution in [-0.4, -0.2) is 91.9 Å². The Morgan fingerprint density at radius 2 is 1.87 bits per heavy atom. The van der Waals surface area contributed by atoms with Gasteiger partial charge >= 0.3 is 6.09 Å². The number of alkyl carbamates (subject to hydrolysis) is 1. The van der Waals surface area contributed by atoms with Crippen molar-refractivity contribution in [2.24, 2.45) is 5.41 Å². The summed E-state index contributed by atoms with van der Waals surface area (Å²) in [6, 6.07) is -3.19. The predicted molar refractivity (Wildman–Crippen MR) is 159 cm³/mol. The van der Waals surface area contributed by atoms with Crippen LogP contribution in [0.1, 0.15) is 85.5 Å². The molecule has 2 saturated carbocycles. The number of aromatic nitrogens is 3. The molecule has 1 saturated heterocycles. The molecule has 15 nitrogen and oxygen atoms in total. The average molecular weight is 629 g/mol. The standard InChI is InChI=1S/C30H44N8O7/c1-5-8-20(23(39)26(41)32-18-11-12-18)33-25(40)21-15-30(16-22(35-45-30)38-14-13-31-36-38)17-37(21)27(42)24(29(2,3)4)34-28(43)44-19-9-6-7-10-19/h13-14,16,18-21,24,35H,5-12,15,17H2,1-4H3,(H,32,41)(H,33,40)(H,34,43)/t20-,21-,24+,30-/m0/s1. The fraction of sp³-hybridized carbons (Fsp3) is 0.700. The molecule has 15 heteroatoms. The Morgan fingerprint density at radius 3 is 2.49 bits per heavy atom. The summed E-state index contributed by atoms with van der Waals surface area (Å²) in [6.45, 7) is 7.27. The molecule has 2 aliphatic carbocycles. The van der Waals surface area contributed by atoms with E-state index in [9.17, 15) is 24.0 Å². The molecule has 3 fully saturated rings. The summed E-state index contributed by atoms with van der Waals surface area (Å²) in [5.74, 6) is -2.09. The number of hydrogen-bond acceptors (Lipinski definition) is 10. The van der Waals surface area contributed by atoms with Crippen molar-refractivity contribution in [2.45, 2.75) is 121 Å². The second-order valence-corrected chi connectivity index (χ2v) is 13.5. The lowest BCUT2D eigenvalue weighted by atomic mass is 9.85. The Labute approximate surface area is 262 Å². The topological polar surface area (TPSA) is 186 Å². The summed E-state index contributed by atoms with van der Waals surface area (Å²) in [5, 5.41) is 16.0. The van der Waals surface area contributed by atoms with Gasteiger partial charge in [0.05, 0.1) is 25.0 Å². The molecule has 1 aromatic rings. The molecule has 0 radical (unpaired) electrons. The minimum atomic E-state index is -1.13. The molecular weight excluding hydrogens is 584 g/mol. The van der Waals surface area contributed by atoms with Gasteiger partial charge < -0.3 is 25.6 Å². The average Bonchev–Trinajstić information content (AvgIpc) is 3.46. The van der Waals surface area contributed by atoms with E-state index in [1.165, 1.54) is 15.8 Å². The van der Waals surface area contributed by atoms with E-state index in [4.69, 9.17) is 9.57 Å². The quantitative estimate of drug-likeness (QED) is 0.259. The third-order valence-electron chi connectivity index (χ3n) is 8.66. The largest absolute Gasteiger partial charge is 0.446 e. The number of carbonyl (C=O) groups excluding carboxylic acids is 5. The van der Waals surface area contributed by atoms with Crippen LogP contribution in [0, 0.1) is 5.41 Å². The Hall–Kier alpha value is -4.01. The third kappa shape index (κ3) is 7.63. The molecule has 4 amide bonds. The highest BCUT2D eigenvalue weighted by molar-refractivity contribution is 6.38. The van der Waals surface area contributed by atoms with Gasteiger partial charge in [-0.1, -0.05) is 39.3 Å². The second-order valence-electron chi connectivity index (χ2n) is 13.5. The van der Waals surface area contributed by atoms with E-state index in [0.717, 1.165) is 38.5 Å². The molecule has 1 spiro atoms. The van der Waals surface area contributed by atoms with Crippen molar-refractivity contribution in [3.05, 3.63) is 18.5 Å². The molecule has 3 heterocycles. The number of likely N-dealkylation sites (tertiary alicyclic amines) is 1. The van der Waals surface area contributed by atoms with Crippen LogP contribution in [0.5, 0.6) is 0 Å². The van der Waals surface area contributed by atoms with E-state index in [1.807, 2.05) is 27.7 Å². The molecule has 5 rings (SSSR count). The van der Waals surface area contributed by atoms with Crippen LogP contribution in [-0.2, 0) is 28.8 Å². The predicted octanol–water partition coefficient (Wildman–Crippen LogP) is 1.17. The number of amides is 4. The van der Waals surface area contributed by atoms with Crippen molar-refractivity contribution in [1.82, 2.24) is 41.3 Å². The first-order valence-corrected chi connectivity index (χ1v) is 15.9. The maximum atomic E-state index is 14.3. The van der Waals surface area contributed by atoms with Crippen molar-refractivity contribution in [2.75, 3.05) is 6.54 Å². The van der Waals surface area contributed by atoms with Crippen LogP contribution in [0.3, 0.4) is 0 Å². The number of carbonyl (C=O) groups is 5. The van der Waals surface area contributed by atoms with Crippen LogP contribution in [0.4, 0.5) is 4.79 Å². The van der Waals surface area contributed by atoms with Gasteiger partial charge in [-0.3, -0.25) is 24.0 Å². The minimum absolute atomic E-state index is 0.0117. The van der Waals surface area contributed by atoms with E-state index >= 15 is 0 Å². The highest BCUT2D eigenvalue weighted by Crippen LogP contribution is 2.37. The van der Waals surface area contributed by atoms with Gasteiger partial charge in [0, 0.05) is 12.5 Å². The van der Waals surface area contributed by atoms with Gasteiger partial charge in [0.1, 0.15) is 23.8 Å². The lowest BCUT2D eigenvalue weighted by molar-refractivity contribution is -0.144. The van der Waals surface area contributed by atoms with Crippen LogP contribution in [0.2, 0.25) is 0 Å². The molecule has 4 atom stereocenters. The summed E-state index contributed by atoms with van der Waals surface area (Å²) in [4.78, 5) is 74.2. The number of ether oxygens (including phenoxy) is 1. The lowest BCUT2D eigenvalue weighted by Crippen LogP contribution is -2.59. The summed E-state index contributed by atoms with van der Waals surface area (Å²) < 4.78 is 7.06. The van der Waals surface area contributed by atoms with Crippen LogP contribution in [0.15, 0.2) is 18.5 Å². The van der Waals surface area contributed by atoms with Crippen molar-refractivity contribution < 1.29 is 33.5 Å². The number of hydroxylamine groups is 1. The molecule has 4 aliphatic rings. The Kier molecular flexibility index (Phi) is 9.46. The zero-order valence-corrected chi connectivity index (χ0v) is 26.3. The van der Waals surface area contributed by atoms with Gasteiger partial charge in [-0.25, -0.2) is 15.0 Å². The Bertz CT molecular complexity index is 1320. The molecule has 0 bridgehead atoms. The first-order valence-electron chi connectivity index (χ1n) is 15.9. The van der Waals surface area contributed by atoms with Gasteiger partial charge in [0.15, 0.2) is 5.82 Å². The summed E-state index contributed by atoms with van der Waals surface area (Å²) in [5.41, 5.74) is 0.941. The summed E-state index contributed by atoms with van der Waals surface area (Å²) in [7, 11) is 0. The maximum Gasteiger partial charge on any atom is 0.408 e. The molecule has 45 heavy (non-hydrogen) atoms. The van der Waals surface area contributed by atoms with E-state index in [0.29, 0.717) is 12.2 Å². The van der Waals surface area contributed by atoms with E-state index in [-0.39, 0.29) is 31.5 Å². The number of nitrogens with zero attached hydrogens (tertiary/aromatic N) is 4. The van der Waals surface area contributed by atoms with Gasteiger partial charge in [0.25, 0.3) is 5.91 Å². The zero-order chi connectivity index (χ0) is 32.4. The lowest BCUT2D eigenvalue weighted by Gasteiger charge is -2.35. The van der Waals surface area contributed by atoms with Crippen LogP contribution >= 0.6 is 0 Å². The van der Waals surface area contributed by atoms with Gasteiger partial charge in [-0.15, -0.1) is 5.10 Å². The van der Waals surface area contributed by atoms with Crippen LogP contribution in [0.25, 0.3) is 5.82 Å². The highest BCUT2D eigenvalue weighted by atomic mass is 16.7. The van der Waals surface area contributed by atoms with Gasteiger partial charge in [0.2, 0.25) is 17.6 Å². The fourth-order valence-electron chi connectivity index (χ4n) is 6.05. The minimum Gasteiger partial charge on any atom is -0.446 e. The van der Waals surface area contributed by atoms with Crippen molar-refractivity contribution >= 4 is 35.4 Å². The Balaban J connectivity index is 1.39. The first kappa shape index (κ1) is 32.4. The molecular formula is C30H44N8O7. The second kappa shape index (κ2) is 13.2. The third-order valence-corrected chi connectivity index (χ3v) is 8.66. The summed E-state index contributed by atoms with van der Waals surface area (Å²) >= 11 is 0. The van der Waals surface area contributed by atoms with Gasteiger partial charge in [-0.2, -0.15) is 0 Å². The molecule has 1 aromatic heterocycles. The number of Topliss-reactive ketones (excluding diaryl/α,β-unsaturated/α-hetero) is 1. The Morgan fingerprint density at radius 1 is 1.13 bits per heavy atom. The molecule has 2 aliphatic heterocycles. The molecule has 4 N–H and O–H groups in total.